The highest BCUT2D eigenvalue weighted by Gasteiger charge is 2.20. The van der Waals surface area contributed by atoms with Crippen LogP contribution in [0.25, 0.3) is 44.4 Å². The van der Waals surface area contributed by atoms with Gasteiger partial charge < -0.3 is 9.88 Å². The van der Waals surface area contributed by atoms with Gasteiger partial charge in [-0.2, -0.15) is 0 Å². The Hall–Kier alpha value is -5.85. The molecule has 3 aromatic heterocycles. The summed E-state index contributed by atoms with van der Waals surface area (Å²) in [5, 5.41) is 7.69. The van der Waals surface area contributed by atoms with Gasteiger partial charge in [-0.05, 0) is 121 Å². The first-order chi connectivity index (χ1) is 27.2. The van der Waals surface area contributed by atoms with E-state index in [1.54, 1.807) is 12.4 Å². The number of anilines is 1. The molecule has 0 saturated carbocycles. The summed E-state index contributed by atoms with van der Waals surface area (Å²) in [5.74, 6) is 0. The van der Waals surface area contributed by atoms with Crippen LogP contribution in [-0.4, -0.2) is 21.3 Å². The molecule has 6 aromatic rings. The van der Waals surface area contributed by atoms with E-state index in [-0.39, 0.29) is 0 Å². The molecule has 0 atom stereocenters. The normalized spacial score (nSPS) is 14.3. The lowest BCUT2D eigenvalue weighted by molar-refractivity contribution is 0.909. The number of aryl methyl sites for hydroxylation is 1. The standard InChI is InChI=1S/C40H33N3S.C5H6N2.2C2H6/c1-41-35-17-6-7-18-36(35)42-28-11-10-12-29(24-23-28)43-37-19-8-4-14-31(37)32-25-21-27(22-26-38(32)43)30-13-2-3-16-34-33-15-5-9-20-39(33)44-40(30)34;1-5-2-6-4-7-3-5;2*1-2/h4-11,14-24,26,42H,1-3,12-13,25H2;2-4H,1H3;2*1-2H3. The molecule has 278 valence electrons. The number of rotatable bonds is 5. The van der Waals surface area contributed by atoms with Gasteiger partial charge in [0.15, 0.2) is 0 Å². The zero-order chi connectivity index (χ0) is 38.6. The number of allylic oxidation sites excluding steroid dienone is 8. The Kier molecular flexibility index (Phi) is 13.4. The van der Waals surface area contributed by atoms with Crippen molar-refractivity contribution in [2.24, 2.45) is 4.99 Å². The van der Waals surface area contributed by atoms with Gasteiger partial charge in [-0.3, -0.25) is 4.99 Å². The fourth-order valence-corrected chi connectivity index (χ4v) is 8.52. The van der Waals surface area contributed by atoms with Crippen molar-refractivity contribution in [3.63, 3.8) is 0 Å². The summed E-state index contributed by atoms with van der Waals surface area (Å²) in [6.45, 7) is 13.7. The van der Waals surface area contributed by atoms with E-state index < -0.39 is 0 Å². The van der Waals surface area contributed by atoms with Crippen molar-refractivity contribution in [3.05, 3.63) is 166 Å². The van der Waals surface area contributed by atoms with Gasteiger partial charge in [0.25, 0.3) is 0 Å². The zero-order valence-corrected chi connectivity index (χ0v) is 33.5. The van der Waals surface area contributed by atoms with Crippen LogP contribution >= 0.6 is 11.3 Å². The average molecular weight is 742 g/mol. The van der Waals surface area contributed by atoms with Crippen LogP contribution in [0.4, 0.5) is 11.4 Å². The van der Waals surface area contributed by atoms with Gasteiger partial charge in [-0.25, -0.2) is 9.97 Å². The van der Waals surface area contributed by atoms with E-state index >= 15 is 0 Å². The van der Waals surface area contributed by atoms with E-state index in [0.29, 0.717) is 0 Å². The average Bonchev–Trinajstić information content (AvgIpc) is 3.41. The zero-order valence-electron chi connectivity index (χ0n) is 32.7. The number of aromatic nitrogens is 3. The second-order valence-electron chi connectivity index (χ2n) is 12.9. The molecule has 3 aliphatic rings. The van der Waals surface area contributed by atoms with E-state index in [1.807, 2.05) is 70.2 Å². The van der Waals surface area contributed by atoms with Crippen molar-refractivity contribution in [1.82, 2.24) is 14.5 Å². The summed E-state index contributed by atoms with van der Waals surface area (Å²) in [7, 11) is 0. The molecule has 0 saturated heterocycles. The molecule has 1 N–H and O–H groups in total. The molecular weight excluding hydrogens is 691 g/mol. The van der Waals surface area contributed by atoms with Gasteiger partial charge in [0.05, 0.1) is 22.6 Å². The Balaban J connectivity index is 0.000000413. The number of aliphatic imine (C=N–C) groups is 1. The van der Waals surface area contributed by atoms with Crippen molar-refractivity contribution in [2.45, 2.75) is 66.7 Å². The highest BCUT2D eigenvalue weighted by Crippen LogP contribution is 2.36. The first kappa shape index (κ1) is 38.9. The monoisotopic (exact) mass is 741 g/mol. The fraction of sp³-hybridized carbons (Fsp3) is 0.204. The first-order valence-electron chi connectivity index (χ1n) is 19.5. The first-order valence-corrected chi connectivity index (χ1v) is 20.3. The molecule has 9 rings (SSSR count). The number of hydrogen-bond acceptors (Lipinski definition) is 5. The van der Waals surface area contributed by atoms with E-state index in [2.05, 4.69) is 129 Å². The van der Waals surface area contributed by atoms with E-state index in [9.17, 15) is 0 Å². The molecule has 6 heteroatoms. The minimum absolute atomic E-state index is 0.834. The van der Waals surface area contributed by atoms with Crippen LogP contribution in [0.3, 0.4) is 0 Å². The van der Waals surface area contributed by atoms with Crippen LogP contribution in [0, 0.1) is 6.92 Å². The lowest BCUT2D eigenvalue weighted by atomic mass is 9.99. The van der Waals surface area contributed by atoms with E-state index in [1.165, 1.54) is 71.6 Å². The third-order valence-electron chi connectivity index (χ3n) is 9.61. The van der Waals surface area contributed by atoms with Crippen LogP contribution in [0.15, 0.2) is 144 Å². The molecule has 0 radical (unpaired) electrons. The number of benzene rings is 3. The second kappa shape index (κ2) is 19.0. The number of hydrogen-bond donors (Lipinski definition) is 1. The summed E-state index contributed by atoms with van der Waals surface area (Å²) in [4.78, 5) is 11.7. The molecule has 3 aliphatic carbocycles. The lowest BCUT2D eigenvalue weighted by Crippen LogP contribution is -2.21. The minimum Gasteiger partial charge on any atom is -0.354 e. The smallest absolute Gasteiger partial charge is 0.115 e. The summed E-state index contributed by atoms with van der Waals surface area (Å²) in [5.41, 5.74) is 12.0. The Bertz CT molecular complexity index is 2560. The fourth-order valence-electron chi connectivity index (χ4n) is 7.22. The predicted molar refractivity (Wildman–Crippen MR) is 240 cm³/mol. The highest BCUT2D eigenvalue weighted by atomic mass is 32.1. The highest BCUT2D eigenvalue weighted by molar-refractivity contribution is 7.17. The molecule has 5 nitrogen and oxygen atoms in total. The summed E-state index contributed by atoms with van der Waals surface area (Å²) >= 11 is 1.95. The van der Waals surface area contributed by atoms with Crippen molar-refractivity contribution in [2.75, 3.05) is 5.32 Å². The Morgan fingerprint density at radius 2 is 1.55 bits per heavy atom. The maximum atomic E-state index is 4.18. The van der Waals surface area contributed by atoms with Gasteiger partial charge >= 0.3 is 0 Å². The number of fused-ring (bicyclic) bond motifs is 6. The number of para-hydroxylation sites is 3. The number of nitrogens with one attached hydrogen (secondary N) is 1. The lowest BCUT2D eigenvalue weighted by Gasteiger charge is -2.12. The molecule has 55 heavy (non-hydrogen) atoms. The van der Waals surface area contributed by atoms with Crippen molar-refractivity contribution >= 4 is 73.8 Å². The summed E-state index contributed by atoms with van der Waals surface area (Å²) in [6.07, 6.45) is 28.8. The maximum absolute atomic E-state index is 4.18. The van der Waals surface area contributed by atoms with Crippen molar-refractivity contribution in [3.8, 4) is 0 Å². The maximum Gasteiger partial charge on any atom is 0.115 e. The molecule has 0 bridgehead atoms. The largest absolute Gasteiger partial charge is 0.354 e. The van der Waals surface area contributed by atoms with Crippen LogP contribution in [-0.2, 0) is 6.42 Å². The van der Waals surface area contributed by atoms with Crippen molar-refractivity contribution < 1.29 is 0 Å². The Labute approximate surface area is 329 Å². The van der Waals surface area contributed by atoms with Crippen LogP contribution < -0.4 is 15.1 Å². The molecule has 0 spiro atoms. The summed E-state index contributed by atoms with van der Waals surface area (Å²) < 4.78 is 5.30. The third kappa shape index (κ3) is 8.61. The number of nitrogens with zero attached hydrogens (tertiary/aromatic N) is 4. The van der Waals surface area contributed by atoms with E-state index in [0.717, 1.165) is 48.3 Å². The molecule has 0 amide bonds. The van der Waals surface area contributed by atoms with Crippen LogP contribution in [0.2, 0.25) is 0 Å². The van der Waals surface area contributed by atoms with Crippen LogP contribution in [0.1, 0.15) is 70.2 Å². The molecule has 3 aromatic carbocycles. The molecule has 0 fully saturated rings. The summed E-state index contributed by atoms with van der Waals surface area (Å²) in [6, 6.07) is 25.7. The van der Waals surface area contributed by atoms with Crippen molar-refractivity contribution in [1.29, 1.82) is 0 Å². The minimum atomic E-state index is 0.834. The third-order valence-corrected chi connectivity index (χ3v) is 10.9. The van der Waals surface area contributed by atoms with Gasteiger partial charge in [-0.15, -0.1) is 11.3 Å². The molecule has 0 aliphatic heterocycles. The second-order valence-corrected chi connectivity index (χ2v) is 14.0. The molecule has 0 unspecified atom stereocenters. The number of thiophene rings is 1. The topological polar surface area (TPSA) is 55.1 Å². The van der Waals surface area contributed by atoms with Gasteiger partial charge in [0.1, 0.15) is 6.33 Å². The Morgan fingerprint density at radius 3 is 2.33 bits per heavy atom. The van der Waals surface area contributed by atoms with Gasteiger partial charge in [0.2, 0.25) is 0 Å². The Morgan fingerprint density at radius 1 is 0.800 bits per heavy atom. The quantitative estimate of drug-likeness (QED) is 0.179. The van der Waals surface area contributed by atoms with Crippen LogP contribution in [0.5, 0.6) is 0 Å². The molecular formula is C49H51N5S. The van der Waals surface area contributed by atoms with E-state index in [4.69, 9.17) is 0 Å². The SMILES string of the molecule is C=Nc1ccccc1NC1=CC=C(n2c3c(c4ccccc42)CC=C(C2=c4sc5ccccc5c4=CCCC2)C=C3)CC=C1.CC.CC.Cc1cncnc1. The predicted octanol–water partition coefficient (Wildman–Crippen LogP) is 12.1. The molecule has 3 heterocycles. The van der Waals surface area contributed by atoms with Gasteiger partial charge in [-0.1, -0.05) is 101 Å². The van der Waals surface area contributed by atoms with Gasteiger partial charge in [0, 0.05) is 44.8 Å².